The van der Waals surface area contributed by atoms with Gasteiger partial charge in [0.15, 0.2) is 0 Å². The summed E-state index contributed by atoms with van der Waals surface area (Å²) in [5.41, 5.74) is 0.602. The van der Waals surface area contributed by atoms with E-state index in [1.54, 1.807) is 0 Å². The molecule has 0 aromatic carbocycles. The van der Waals surface area contributed by atoms with Crippen LogP contribution in [-0.4, -0.2) is 0 Å². The van der Waals surface area contributed by atoms with Gasteiger partial charge in [0.2, 0.25) is 0 Å². The van der Waals surface area contributed by atoms with Crippen LogP contribution in [0.2, 0.25) is 0 Å². The summed E-state index contributed by atoms with van der Waals surface area (Å²) in [5.74, 6) is 0.926. The van der Waals surface area contributed by atoms with Gasteiger partial charge in [-0.1, -0.05) is 59.3 Å². The van der Waals surface area contributed by atoms with Gasteiger partial charge in [0, 0.05) is 0 Å². The first-order valence-corrected chi connectivity index (χ1v) is 5.63. The molecule has 1 fully saturated rings. The van der Waals surface area contributed by atoms with Crippen molar-refractivity contribution in [3.05, 3.63) is 0 Å². The van der Waals surface area contributed by atoms with E-state index in [-0.39, 0.29) is 0 Å². The van der Waals surface area contributed by atoms with Crippen molar-refractivity contribution in [3.63, 3.8) is 0 Å². The minimum Gasteiger partial charge on any atom is -0.0620 e. The Balaban J connectivity index is 2.47. The van der Waals surface area contributed by atoms with Crippen LogP contribution in [0.25, 0.3) is 0 Å². The van der Waals surface area contributed by atoms with Gasteiger partial charge in [-0.05, 0) is 17.8 Å². The zero-order chi connectivity index (χ0) is 9.03. The lowest BCUT2D eigenvalue weighted by Crippen LogP contribution is -2.21. The maximum absolute atomic E-state index is 2.45. The number of hydrogen-bond donors (Lipinski definition) is 0. The van der Waals surface area contributed by atoms with E-state index in [2.05, 4.69) is 20.8 Å². The van der Waals surface area contributed by atoms with Gasteiger partial charge in [-0.2, -0.15) is 0 Å². The molecule has 1 rings (SSSR count). The Morgan fingerprint density at radius 2 is 1.50 bits per heavy atom. The molecule has 0 heterocycles. The van der Waals surface area contributed by atoms with Crippen LogP contribution < -0.4 is 0 Å². The predicted molar refractivity (Wildman–Crippen MR) is 55.3 cm³/mol. The van der Waals surface area contributed by atoms with Crippen molar-refractivity contribution in [2.75, 3.05) is 0 Å². The van der Waals surface area contributed by atoms with E-state index < -0.39 is 0 Å². The summed E-state index contributed by atoms with van der Waals surface area (Å²) in [6.45, 7) is 7.33. The van der Waals surface area contributed by atoms with E-state index in [1.807, 2.05) is 0 Å². The van der Waals surface area contributed by atoms with Crippen molar-refractivity contribution in [2.24, 2.45) is 11.3 Å². The average Bonchev–Trinajstić information content (AvgIpc) is 2.06. The van der Waals surface area contributed by atoms with Crippen LogP contribution >= 0.6 is 0 Å². The maximum Gasteiger partial charge on any atom is -0.0329 e. The van der Waals surface area contributed by atoms with Gasteiger partial charge >= 0.3 is 0 Å². The summed E-state index contributed by atoms with van der Waals surface area (Å²) in [4.78, 5) is 0. The van der Waals surface area contributed by atoms with Gasteiger partial charge < -0.3 is 0 Å². The highest BCUT2D eigenvalue weighted by molar-refractivity contribution is 4.76. The van der Waals surface area contributed by atoms with Crippen LogP contribution in [0, 0.1) is 11.3 Å². The standard InChI is InChI=1S/C12H24/c1-11-9-7-5-4-6-8-10-12(11,2)3/h11H,4-10H2,1-3H3. The molecule has 72 valence electrons. The first-order valence-electron chi connectivity index (χ1n) is 5.63. The van der Waals surface area contributed by atoms with Crippen LogP contribution in [0.3, 0.4) is 0 Å². The summed E-state index contributed by atoms with van der Waals surface area (Å²) < 4.78 is 0. The zero-order valence-corrected chi connectivity index (χ0v) is 9.03. The normalized spacial score (nSPS) is 31.8. The molecule has 1 unspecified atom stereocenters. The lowest BCUT2D eigenvalue weighted by molar-refractivity contribution is 0.197. The third kappa shape index (κ3) is 2.80. The topological polar surface area (TPSA) is 0 Å². The quantitative estimate of drug-likeness (QED) is 0.503. The molecule has 1 saturated carbocycles. The molecule has 0 N–H and O–H groups in total. The Morgan fingerprint density at radius 1 is 0.917 bits per heavy atom. The number of hydrogen-bond acceptors (Lipinski definition) is 0. The Bertz CT molecular complexity index is 124. The molecule has 0 heteroatoms. The Kier molecular flexibility index (Phi) is 3.61. The predicted octanol–water partition coefficient (Wildman–Crippen LogP) is 4.39. The molecule has 0 amide bonds. The largest absolute Gasteiger partial charge is 0.0620 e. The third-order valence-corrected chi connectivity index (χ3v) is 3.79. The molecule has 1 atom stereocenters. The summed E-state index contributed by atoms with van der Waals surface area (Å²) >= 11 is 0. The monoisotopic (exact) mass is 168 g/mol. The molecule has 0 nitrogen and oxygen atoms in total. The second kappa shape index (κ2) is 4.30. The van der Waals surface area contributed by atoms with Gasteiger partial charge in [0.1, 0.15) is 0 Å². The van der Waals surface area contributed by atoms with Gasteiger partial charge in [-0.3, -0.25) is 0 Å². The lowest BCUT2D eigenvalue weighted by atomic mass is 9.74. The lowest BCUT2D eigenvalue weighted by Gasteiger charge is -2.31. The first kappa shape index (κ1) is 10.1. The molecule has 0 spiro atoms. The van der Waals surface area contributed by atoms with E-state index >= 15 is 0 Å². The van der Waals surface area contributed by atoms with Crippen molar-refractivity contribution in [3.8, 4) is 0 Å². The smallest absolute Gasteiger partial charge is 0.0329 e. The molecule has 1 aliphatic rings. The van der Waals surface area contributed by atoms with Crippen molar-refractivity contribution in [1.29, 1.82) is 0 Å². The maximum atomic E-state index is 2.45. The van der Waals surface area contributed by atoms with Gasteiger partial charge in [-0.15, -0.1) is 0 Å². The Morgan fingerprint density at radius 3 is 2.25 bits per heavy atom. The molecule has 1 aliphatic carbocycles. The summed E-state index contributed by atoms with van der Waals surface area (Å²) in [6, 6.07) is 0. The fourth-order valence-electron chi connectivity index (χ4n) is 2.20. The molecule has 0 radical (unpaired) electrons. The fourth-order valence-corrected chi connectivity index (χ4v) is 2.20. The summed E-state index contributed by atoms with van der Waals surface area (Å²) in [5, 5.41) is 0. The Hall–Kier alpha value is 0. The number of rotatable bonds is 0. The van der Waals surface area contributed by atoms with Gasteiger partial charge in [0.05, 0.1) is 0 Å². The van der Waals surface area contributed by atoms with Crippen LogP contribution in [-0.2, 0) is 0 Å². The van der Waals surface area contributed by atoms with Crippen molar-refractivity contribution in [1.82, 2.24) is 0 Å². The highest BCUT2D eigenvalue weighted by Crippen LogP contribution is 2.36. The van der Waals surface area contributed by atoms with E-state index in [9.17, 15) is 0 Å². The molecule has 0 aromatic heterocycles. The zero-order valence-electron chi connectivity index (χ0n) is 9.03. The fraction of sp³-hybridized carbons (Fsp3) is 1.00. The average molecular weight is 168 g/mol. The van der Waals surface area contributed by atoms with E-state index in [0.717, 1.165) is 5.92 Å². The van der Waals surface area contributed by atoms with Crippen molar-refractivity contribution in [2.45, 2.75) is 65.7 Å². The van der Waals surface area contributed by atoms with Gasteiger partial charge in [-0.25, -0.2) is 0 Å². The molecular formula is C12H24. The minimum absolute atomic E-state index is 0.602. The first-order chi connectivity index (χ1) is 5.63. The van der Waals surface area contributed by atoms with Gasteiger partial charge in [0.25, 0.3) is 0 Å². The second-order valence-electron chi connectivity index (χ2n) is 5.20. The van der Waals surface area contributed by atoms with E-state index in [4.69, 9.17) is 0 Å². The van der Waals surface area contributed by atoms with Crippen LogP contribution in [0.5, 0.6) is 0 Å². The molecule has 0 aliphatic heterocycles. The van der Waals surface area contributed by atoms with Crippen LogP contribution in [0.4, 0.5) is 0 Å². The molecule has 0 bridgehead atoms. The van der Waals surface area contributed by atoms with Crippen molar-refractivity contribution >= 4 is 0 Å². The summed E-state index contributed by atoms with van der Waals surface area (Å²) in [6.07, 6.45) is 10.2. The molecule has 0 aromatic rings. The van der Waals surface area contributed by atoms with E-state index in [1.165, 1.54) is 44.9 Å². The van der Waals surface area contributed by atoms with E-state index in [0.29, 0.717) is 5.41 Å². The molecular weight excluding hydrogens is 144 g/mol. The third-order valence-electron chi connectivity index (χ3n) is 3.79. The molecule has 12 heavy (non-hydrogen) atoms. The van der Waals surface area contributed by atoms with Crippen LogP contribution in [0.1, 0.15) is 65.7 Å². The highest BCUT2D eigenvalue weighted by atomic mass is 14.3. The molecule has 0 saturated heterocycles. The summed E-state index contributed by atoms with van der Waals surface area (Å²) in [7, 11) is 0. The second-order valence-corrected chi connectivity index (χ2v) is 5.20. The SMILES string of the molecule is CC1CCCCCCCC1(C)C. The van der Waals surface area contributed by atoms with Crippen molar-refractivity contribution < 1.29 is 0 Å². The highest BCUT2D eigenvalue weighted by Gasteiger charge is 2.25. The van der Waals surface area contributed by atoms with Crippen LogP contribution in [0.15, 0.2) is 0 Å². The minimum atomic E-state index is 0.602. The Labute approximate surface area is 77.7 Å².